The van der Waals surface area contributed by atoms with Crippen LogP contribution in [0, 0.1) is 6.92 Å². The fraction of sp³-hybridized carbons (Fsp3) is 0.310. The normalized spacial score (nSPS) is 12.2. The number of nitrogens with zero attached hydrogens (tertiary/aromatic N) is 2. The van der Waals surface area contributed by atoms with Gasteiger partial charge in [0.25, 0.3) is 10.0 Å². The van der Waals surface area contributed by atoms with Crippen LogP contribution >= 0.6 is 23.2 Å². The summed E-state index contributed by atoms with van der Waals surface area (Å²) >= 11 is 12.7. The molecule has 0 aliphatic carbocycles. The molecule has 0 spiro atoms. The van der Waals surface area contributed by atoms with Crippen LogP contribution in [0.15, 0.2) is 77.7 Å². The first-order chi connectivity index (χ1) is 18.4. The van der Waals surface area contributed by atoms with Gasteiger partial charge in [0.2, 0.25) is 11.8 Å². The summed E-state index contributed by atoms with van der Waals surface area (Å²) in [7, 11) is -4.23. The number of carbonyl (C=O) groups excluding carboxylic acids is 2. The number of rotatable bonds is 11. The van der Waals surface area contributed by atoms with Crippen molar-refractivity contribution < 1.29 is 18.0 Å². The second-order valence-electron chi connectivity index (χ2n) is 9.52. The Morgan fingerprint density at radius 2 is 1.64 bits per heavy atom. The summed E-state index contributed by atoms with van der Waals surface area (Å²) in [6, 6.07) is 18.9. The van der Waals surface area contributed by atoms with Crippen LogP contribution in [-0.4, -0.2) is 43.8 Å². The van der Waals surface area contributed by atoms with Gasteiger partial charge in [-0.1, -0.05) is 78.2 Å². The lowest BCUT2D eigenvalue weighted by Gasteiger charge is -2.33. The third-order valence-corrected chi connectivity index (χ3v) is 8.37. The minimum atomic E-state index is -4.23. The quantitative estimate of drug-likeness (QED) is 0.305. The maximum absolute atomic E-state index is 14.0. The molecule has 3 rings (SSSR count). The molecule has 0 unspecified atom stereocenters. The first-order valence-electron chi connectivity index (χ1n) is 12.6. The highest BCUT2D eigenvalue weighted by Gasteiger charge is 2.34. The zero-order valence-electron chi connectivity index (χ0n) is 22.4. The third kappa shape index (κ3) is 7.75. The van der Waals surface area contributed by atoms with E-state index >= 15 is 0 Å². The Morgan fingerprint density at radius 1 is 0.949 bits per heavy atom. The number of anilines is 1. The van der Waals surface area contributed by atoms with Crippen molar-refractivity contribution in [2.45, 2.75) is 57.6 Å². The van der Waals surface area contributed by atoms with Crippen LogP contribution < -0.4 is 9.62 Å². The minimum Gasteiger partial charge on any atom is -0.352 e. The highest BCUT2D eigenvalue weighted by atomic mass is 35.5. The Bertz CT molecular complexity index is 1420. The van der Waals surface area contributed by atoms with Gasteiger partial charge in [-0.05, 0) is 63.1 Å². The van der Waals surface area contributed by atoms with Crippen molar-refractivity contribution >= 4 is 50.7 Å². The lowest BCUT2D eigenvalue weighted by atomic mass is 10.1. The molecule has 0 fully saturated rings. The van der Waals surface area contributed by atoms with Gasteiger partial charge < -0.3 is 10.2 Å². The van der Waals surface area contributed by atoms with E-state index in [1.54, 1.807) is 18.2 Å². The van der Waals surface area contributed by atoms with Gasteiger partial charge in [0, 0.05) is 17.6 Å². The van der Waals surface area contributed by atoms with E-state index in [0.717, 1.165) is 15.4 Å². The molecule has 1 N–H and O–H groups in total. The topological polar surface area (TPSA) is 86.8 Å². The lowest BCUT2D eigenvalue weighted by Crippen LogP contribution is -2.53. The SMILES string of the molecule is CC[C@H](C(=O)NC(C)C)N(Cc1cccc(C)c1)C(=O)CN(c1cc(Cl)ccc1Cl)S(=O)(=O)c1ccccc1. The zero-order valence-corrected chi connectivity index (χ0v) is 24.7. The van der Waals surface area contributed by atoms with Crippen LogP contribution in [0.3, 0.4) is 0 Å². The van der Waals surface area contributed by atoms with E-state index in [1.807, 2.05) is 52.0 Å². The lowest BCUT2D eigenvalue weighted by molar-refractivity contribution is -0.140. The van der Waals surface area contributed by atoms with E-state index < -0.39 is 28.5 Å². The van der Waals surface area contributed by atoms with Crippen molar-refractivity contribution in [2.24, 2.45) is 0 Å². The molecule has 1 atom stereocenters. The summed E-state index contributed by atoms with van der Waals surface area (Å²) in [6.07, 6.45) is 0.333. The Hall–Kier alpha value is -3.07. The third-order valence-electron chi connectivity index (χ3n) is 6.04. The number of aryl methyl sites for hydroxylation is 1. The van der Waals surface area contributed by atoms with E-state index in [-0.39, 0.29) is 39.1 Å². The molecular formula is C29H33Cl2N3O4S. The summed E-state index contributed by atoms with van der Waals surface area (Å²) in [5.74, 6) is -0.871. The molecular weight excluding hydrogens is 557 g/mol. The highest BCUT2D eigenvalue weighted by molar-refractivity contribution is 7.92. The summed E-state index contributed by atoms with van der Waals surface area (Å²) in [6.45, 7) is 6.96. The monoisotopic (exact) mass is 589 g/mol. The van der Waals surface area contributed by atoms with Crippen molar-refractivity contribution in [3.63, 3.8) is 0 Å². The van der Waals surface area contributed by atoms with Crippen LogP contribution in [0.25, 0.3) is 0 Å². The summed E-state index contributed by atoms with van der Waals surface area (Å²) < 4.78 is 28.7. The van der Waals surface area contributed by atoms with Crippen molar-refractivity contribution in [3.8, 4) is 0 Å². The smallest absolute Gasteiger partial charge is 0.264 e. The average Bonchev–Trinajstić information content (AvgIpc) is 2.88. The Morgan fingerprint density at radius 3 is 2.26 bits per heavy atom. The minimum absolute atomic E-state index is 0.0105. The molecule has 0 aliphatic rings. The number of nitrogens with one attached hydrogen (secondary N) is 1. The highest BCUT2D eigenvalue weighted by Crippen LogP contribution is 2.33. The number of hydrogen-bond donors (Lipinski definition) is 1. The maximum Gasteiger partial charge on any atom is 0.264 e. The number of amides is 2. The first-order valence-corrected chi connectivity index (χ1v) is 14.8. The van der Waals surface area contributed by atoms with Gasteiger partial charge in [-0.3, -0.25) is 13.9 Å². The van der Waals surface area contributed by atoms with Crippen LogP contribution in [0.1, 0.15) is 38.3 Å². The van der Waals surface area contributed by atoms with E-state index in [4.69, 9.17) is 23.2 Å². The molecule has 0 radical (unpaired) electrons. The summed E-state index contributed by atoms with van der Waals surface area (Å²) in [4.78, 5) is 28.6. The predicted molar refractivity (Wildman–Crippen MR) is 157 cm³/mol. The molecule has 0 saturated carbocycles. The van der Waals surface area contributed by atoms with Crippen molar-refractivity contribution in [1.82, 2.24) is 10.2 Å². The van der Waals surface area contributed by atoms with Crippen LogP contribution in [0.4, 0.5) is 5.69 Å². The van der Waals surface area contributed by atoms with E-state index in [1.165, 1.54) is 35.2 Å². The molecule has 39 heavy (non-hydrogen) atoms. The first kappa shape index (κ1) is 30.5. The van der Waals surface area contributed by atoms with Gasteiger partial charge in [-0.25, -0.2) is 8.42 Å². The van der Waals surface area contributed by atoms with Crippen LogP contribution in [0.2, 0.25) is 10.0 Å². The van der Waals surface area contributed by atoms with Crippen LogP contribution in [-0.2, 0) is 26.2 Å². The number of hydrogen-bond acceptors (Lipinski definition) is 4. The van der Waals surface area contributed by atoms with Gasteiger partial charge in [0.1, 0.15) is 12.6 Å². The van der Waals surface area contributed by atoms with Gasteiger partial charge in [-0.2, -0.15) is 0 Å². The van der Waals surface area contributed by atoms with Gasteiger partial charge >= 0.3 is 0 Å². The molecule has 0 aromatic heterocycles. The Balaban J connectivity index is 2.10. The van der Waals surface area contributed by atoms with E-state index in [9.17, 15) is 18.0 Å². The van der Waals surface area contributed by atoms with Gasteiger partial charge in [-0.15, -0.1) is 0 Å². The number of benzene rings is 3. The molecule has 0 aliphatic heterocycles. The van der Waals surface area contributed by atoms with Gasteiger partial charge in [0.05, 0.1) is 15.6 Å². The Labute approximate surface area is 240 Å². The molecule has 3 aromatic rings. The summed E-state index contributed by atoms with van der Waals surface area (Å²) in [5, 5.41) is 3.25. The Kier molecular flexibility index (Phi) is 10.4. The second kappa shape index (κ2) is 13.3. The van der Waals surface area contributed by atoms with Crippen LogP contribution in [0.5, 0.6) is 0 Å². The number of sulfonamides is 1. The molecule has 208 valence electrons. The maximum atomic E-state index is 14.0. The molecule has 10 heteroatoms. The van der Waals surface area contributed by atoms with E-state index in [2.05, 4.69) is 5.32 Å². The predicted octanol–water partition coefficient (Wildman–Crippen LogP) is 5.83. The second-order valence-corrected chi connectivity index (χ2v) is 12.2. The fourth-order valence-electron chi connectivity index (χ4n) is 4.22. The largest absolute Gasteiger partial charge is 0.352 e. The van der Waals surface area contributed by atoms with Crippen molar-refractivity contribution in [1.29, 1.82) is 0 Å². The number of carbonyl (C=O) groups is 2. The molecule has 0 heterocycles. The molecule has 7 nitrogen and oxygen atoms in total. The average molecular weight is 591 g/mol. The van der Waals surface area contributed by atoms with E-state index in [0.29, 0.717) is 6.42 Å². The fourth-order valence-corrected chi connectivity index (χ4v) is 6.10. The summed E-state index contributed by atoms with van der Waals surface area (Å²) in [5.41, 5.74) is 1.88. The molecule has 0 bridgehead atoms. The van der Waals surface area contributed by atoms with Crippen molar-refractivity contribution in [2.75, 3.05) is 10.8 Å². The molecule has 0 saturated heterocycles. The standard InChI is InChI=1S/C29H33Cl2N3O4S/c1-5-26(29(36)32-20(2)3)33(18-22-11-9-10-21(4)16-22)28(35)19-34(27-17-23(30)14-15-25(27)31)39(37,38)24-12-7-6-8-13-24/h6-17,20,26H,5,18-19H2,1-4H3,(H,32,36)/t26-/m1/s1. The van der Waals surface area contributed by atoms with Gasteiger partial charge in [0.15, 0.2) is 0 Å². The van der Waals surface area contributed by atoms with Crippen molar-refractivity contribution in [3.05, 3.63) is 94.0 Å². The molecule has 3 aromatic carbocycles. The molecule has 2 amide bonds. The zero-order chi connectivity index (χ0) is 28.7. The number of halogens is 2.